The van der Waals surface area contributed by atoms with Gasteiger partial charge in [0.15, 0.2) is 0 Å². The van der Waals surface area contributed by atoms with E-state index in [0.717, 1.165) is 17.1 Å². The van der Waals surface area contributed by atoms with E-state index in [-0.39, 0.29) is 5.84 Å². The van der Waals surface area contributed by atoms with Crippen LogP contribution in [0.4, 0.5) is 5.69 Å². The molecule has 2 aromatic rings. The van der Waals surface area contributed by atoms with Crippen molar-refractivity contribution in [2.24, 2.45) is 5.73 Å². The van der Waals surface area contributed by atoms with Crippen molar-refractivity contribution in [1.82, 2.24) is 4.98 Å². The SMILES string of the molecule is Cc1cccc(CN(C)c2cccc(Cl)c2C(=N)N)n1. The number of pyridine rings is 1. The van der Waals surface area contributed by atoms with Gasteiger partial charge in [-0.25, -0.2) is 0 Å². The van der Waals surface area contributed by atoms with Crippen molar-refractivity contribution in [3.63, 3.8) is 0 Å². The second-order valence-electron chi connectivity index (χ2n) is 4.67. The first-order chi connectivity index (χ1) is 9.49. The number of nitrogens with zero attached hydrogens (tertiary/aromatic N) is 2. The van der Waals surface area contributed by atoms with Gasteiger partial charge in [-0.2, -0.15) is 0 Å². The normalized spacial score (nSPS) is 10.3. The van der Waals surface area contributed by atoms with Crippen LogP contribution in [0.5, 0.6) is 0 Å². The first-order valence-electron chi connectivity index (χ1n) is 6.25. The van der Waals surface area contributed by atoms with Gasteiger partial charge >= 0.3 is 0 Å². The molecular formula is C15H17ClN4. The topological polar surface area (TPSA) is 66.0 Å². The number of anilines is 1. The van der Waals surface area contributed by atoms with Crippen LogP contribution in [0, 0.1) is 12.3 Å². The van der Waals surface area contributed by atoms with Crippen LogP contribution in [-0.4, -0.2) is 17.9 Å². The molecule has 0 bridgehead atoms. The van der Waals surface area contributed by atoms with E-state index in [0.29, 0.717) is 17.1 Å². The molecule has 0 unspecified atom stereocenters. The molecule has 3 N–H and O–H groups in total. The van der Waals surface area contributed by atoms with Gasteiger partial charge in [-0.05, 0) is 31.2 Å². The number of hydrogen-bond donors (Lipinski definition) is 2. The van der Waals surface area contributed by atoms with Gasteiger partial charge in [-0.15, -0.1) is 0 Å². The highest BCUT2D eigenvalue weighted by Gasteiger charge is 2.13. The second kappa shape index (κ2) is 5.92. The average Bonchev–Trinajstić information content (AvgIpc) is 2.37. The fourth-order valence-electron chi connectivity index (χ4n) is 2.11. The molecule has 5 heteroatoms. The molecule has 1 aromatic carbocycles. The Morgan fingerprint density at radius 1 is 1.30 bits per heavy atom. The Hall–Kier alpha value is -2.07. The van der Waals surface area contributed by atoms with Crippen molar-refractivity contribution in [2.75, 3.05) is 11.9 Å². The Morgan fingerprint density at radius 3 is 2.65 bits per heavy atom. The lowest BCUT2D eigenvalue weighted by atomic mass is 10.1. The van der Waals surface area contributed by atoms with Crippen molar-refractivity contribution >= 4 is 23.1 Å². The molecule has 1 heterocycles. The van der Waals surface area contributed by atoms with Crippen molar-refractivity contribution in [3.05, 3.63) is 58.4 Å². The summed E-state index contributed by atoms with van der Waals surface area (Å²) >= 11 is 6.13. The largest absolute Gasteiger partial charge is 0.384 e. The number of nitrogens with two attached hydrogens (primary N) is 1. The fraction of sp³-hybridized carbons (Fsp3) is 0.200. The van der Waals surface area contributed by atoms with E-state index in [1.54, 1.807) is 6.07 Å². The molecule has 2 rings (SSSR count). The Balaban J connectivity index is 2.32. The van der Waals surface area contributed by atoms with Crippen LogP contribution in [-0.2, 0) is 6.54 Å². The lowest BCUT2D eigenvalue weighted by Gasteiger charge is -2.22. The highest BCUT2D eigenvalue weighted by atomic mass is 35.5. The third kappa shape index (κ3) is 3.08. The van der Waals surface area contributed by atoms with Crippen LogP contribution in [0.1, 0.15) is 17.0 Å². The zero-order valence-electron chi connectivity index (χ0n) is 11.5. The minimum Gasteiger partial charge on any atom is -0.384 e. The Bertz CT molecular complexity index is 640. The van der Waals surface area contributed by atoms with Crippen molar-refractivity contribution < 1.29 is 0 Å². The lowest BCUT2D eigenvalue weighted by molar-refractivity contribution is 0.875. The lowest BCUT2D eigenvalue weighted by Crippen LogP contribution is -2.22. The summed E-state index contributed by atoms with van der Waals surface area (Å²) in [5.74, 6) is -0.0327. The van der Waals surface area contributed by atoms with Gasteiger partial charge in [0.1, 0.15) is 5.84 Å². The summed E-state index contributed by atoms with van der Waals surface area (Å²) in [6.07, 6.45) is 0. The van der Waals surface area contributed by atoms with E-state index in [4.69, 9.17) is 22.7 Å². The van der Waals surface area contributed by atoms with Crippen LogP contribution >= 0.6 is 11.6 Å². The summed E-state index contributed by atoms with van der Waals surface area (Å²) in [5, 5.41) is 8.16. The molecule has 0 aliphatic carbocycles. The molecular weight excluding hydrogens is 272 g/mol. The molecule has 0 aliphatic heterocycles. The Morgan fingerprint density at radius 2 is 2.00 bits per heavy atom. The summed E-state index contributed by atoms with van der Waals surface area (Å²) in [6, 6.07) is 11.4. The number of nitrogens with one attached hydrogen (secondary N) is 1. The maximum Gasteiger partial charge on any atom is 0.126 e. The predicted octanol–water partition coefficient (Wildman–Crippen LogP) is 2.96. The summed E-state index contributed by atoms with van der Waals surface area (Å²) in [5.41, 5.74) is 8.95. The van der Waals surface area contributed by atoms with Gasteiger partial charge in [0.05, 0.1) is 22.8 Å². The number of aromatic nitrogens is 1. The molecule has 0 spiro atoms. The molecule has 0 atom stereocenters. The average molecular weight is 289 g/mol. The molecule has 4 nitrogen and oxygen atoms in total. The van der Waals surface area contributed by atoms with Gasteiger partial charge in [0.25, 0.3) is 0 Å². The predicted molar refractivity (Wildman–Crippen MR) is 83.5 cm³/mol. The number of amidine groups is 1. The summed E-state index contributed by atoms with van der Waals surface area (Å²) in [6.45, 7) is 2.59. The standard InChI is InChI=1S/C15H17ClN4/c1-10-5-3-6-11(19-10)9-20(2)13-8-4-7-12(16)14(13)15(17)18/h3-8H,9H2,1-2H3,(H3,17,18). The van der Waals surface area contributed by atoms with Gasteiger partial charge in [-0.3, -0.25) is 10.4 Å². The molecule has 0 saturated heterocycles. The maximum atomic E-state index is 7.68. The Labute approximate surface area is 123 Å². The third-order valence-corrected chi connectivity index (χ3v) is 3.33. The van der Waals surface area contributed by atoms with Crippen LogP contribution < -0.4 is 10.6 Å². The number of rotatable bonds is 4. The van der Waals surface area contributed by atoms with Crippen LogP contribution in [0.25, 0.3) is 0 Å². The van der Waals surface area contributed by atoms with Gasteiger partial charge in [0.2, 0.25) is 0 Å². The first kappa shape index (κ1) is 14.3. The van der Waals surface area contributed by atoms with Crippen LogP contribution in [0.3, 0.4) is 0 Å². The molecule has 20 heavy (non-hydrogen) atoms. The summed E-state index contributed by atoms with van der Waals surface area (Å²) < 4.78 is 0. The van der Waals surface area contributed by atoms with E-state index in [9.17, 15) is 0 Å². The first-order valence-corrected chi connectivity index (χ1v) is 6.63. The van der Waals surface area contributed by atoms with Crippen molar-refractivity contribution in [1.29, 1.82) is 5.41 Å². The van der Waals surface area contributed by atoms with Crippen LogP contribution in [0.2, 0.25) is 5.02 Å². The molecule has 104 valence electrons. The van der Waals surface area contributed by atoms with Gasteiger partial charge < -0.3 is 10.6 Å². The summed E-state index contributed by atoms with van der Waals surface area (Å²) in [7, 11) is 1.93. The minimum absolute atomic E-state index is 0.0327. The third-order valence-electron chi connectivity index (χ3n) is 3.02. The summed E-state index contributed by atoms with van der Waals surface area (Å²) in [4.78, 5) is 6.47. The van der Waals surface area contributed by atoms with Crippen LogP contribution in [0.15, 0.2) is 36.4 Å². The highest BCUT2D eigenvalue weighted by Crippen LogP contribution is 2.27. The number of halogens is 1. The molecule has 1 aromatic heterocycles. The van der Waals surface area contributed by atoms with Crippen molar-refractivity contribution in [3.8, 4) is 0 Å². The molecule has 0 fully saturated rings. The fourth-order valence-corrected chi connectivity index (χ4v) is 2.38. The van der Waals surface area contributed by atoms with Crippen molar-refractivity contribution in [2.45, 2.75) is 13.5 Å². The number of nitrogen functional groups attached to an aromatic ring is 1. The quantitative estimate of drug-likeness (QED) is 0.671. The van der Waals surface area contributed by atoms with Gasteiger partial charge in [-0.1, -0.05) is 23.7 Å². The van der Waals surface area contributed by atoms with E-state index in [2.05, 4.69) is 4.98 Å². The number of benzene rings is 1. The number of hydrogen-bond acceptors (Lipinski definition) is 3. The monoisotopic (exact) mass is 288 g/mol. The number of aryl methyl sites for hydroxylation is 1. The minimum atomic E-state index is -0.0327. The van der Waals surface area contributed by atoms with E-state index < -0.39 is 0 Å². The van der Waals surface area contributed by atoms with E-state index >= 15 is 0 Å². The second-order valence-corrected chi connectivity index (χ2v) is 5.08. The van der Waals surface area contributed by atoms with E-state index in [1.807, 2.05) is 49.2 Å². The zero-order chi connectivity index (χ0) is 14.7. The Kier molecular flexibility index (Phi) is 4.25. The maximum absolute atomic E-state index is 7.68. The molecule has 0 aliphatic rings. The highest BCUT2D eigenvalue weighted by molar-refractivity contribution is 6.34. The van der Waals surface area contributed by atoms with E-state index in [1.165, 1.54) is 0 Å². The molecule has 0 saturated carbocycles. The molecule has 0 radical (unpaired) electrons. The zero-order valence-corrected chi connectivity index (χ0v) is 12.3. The smallest absolute Gasteiger partial charge is 0.126 e. The molecule has 0 amide bonds. The van der Waals surface area contributed by atoms with Gasteiger partial charge in [0, 0.05) is 18.4 Å².